The zero-order valence-electron chi connectivity index (χ0n) is 11.2. The Labute approximate surface area is 105 Å². The number of ether oxygens (including phenoxy) is 1. The monoisotopic (exact) mass is 241 g/mol. The highest BCUT2D eigenvalue weighted by Crippen LogP contribution is 2.14. The fourth-order valence-electron chi connectivity index (χ4n) is 2.57. The molecule has 2 saturated heterocycles. The Morgan fingerprint density at radius 3 is 2.71 bits per heavy atom. The normalized spacial score (nSPS) is 27.7. The summed E-state index contributed by atoms with van der Waals surface area (Å²) in [4.78, 5) is 4.96. The summed E-state index contributed by atoms with van der Waals surface area (Å²) >= 11 is 0. The summed E-state index contributed by atoms with van der Waals surface area (Å²) in [5, 5.41) is 3.54. The first-order chi connectivity index (χ1) is 8.34. The molecule has 2 aliphatic heterocycles. The second-order valence-corrected chi connectivity index (χ2v) is 5.32. The molecule has 0 bridgehead atoms. The number of rotatable bonds is 6. The highest BCUT2D eigenvalue weighted by Gasteiger charge is 2.15. The molecule has 2 fully saturated rings. The molecule has 1 N–H and O–H groups in total. The molecular formula is C13H27N3O. The van der Waals surface area contributed by atoms with Crippen LogP contribution >= 0.6 is 0 Å². The summed E-state index contributed by atoms with van der Waals surface area (Å²) < 4.78 is 5.61. The van der Waals surface area contributed by atoms with Crippen molar-refractivity contribution >= 4 is 0 Å². The summed E-state index contributed by atoms with van der Waals surface area (Å²) in [6, 6.07) is 0. The third-order valence-corrected chi connectivity index (χ3v) is 3.87. The van der Waals surface area contributed by atoms with Gasteiger partial charge in [-0.2, -0.15) is 0 Å². The molecule has 2 heterocycles. The summed E-state index contributed by atoms with van der Waals surface area (Å²) in [5.41, 5.74) is 0. The summed E-state index contributed by atoms with van der Waals surface area (Å²) in [7, 11) is 2.21. The lowest BCUT2D eigenvalue weighted by molar-refractivity contribution is 0.103. The Bertz CT molecular complexity index is 199. The van der Waals surface area contributed by atoms with Gasteiger partial charge in [-0.1, -0.05) is 0 Å². The molecule has 0 amide bonds. The molecule has 0 spiro atoms. The maximum atomic E-state index is 5.61. The third kappa shape index (κ3) is 4.92. The number of nitrogens with one attached hydrogen (secondary N) is 1. The zero-order valence-corrected chi connectivity index (χ0v) is 11.2. The Balaban J connectivity index is 1.43. The van der Waals surface area contributed by atoms with Gasteiger partial charge in [0.15, 0.2) is 0 Å². The zero-order chi connectivity index (χ0) is 11.9. The lowest BCUT2D eigenvalue weighted by Crippen LogP contribution is -2.46. The predicted molar refractivity (Wildman–Crippen MR) is 70.4 cm³/mol. The van der Waals surface area contributed by atoms with Gasteiger partial charge in [0.2, 0.25) is 0 Å². The third-order valence-electron chi connectivity index (χ3n) is 3.87. The summed E-state index contributed by atoms with van der Waals surface area (Å²) in [5.74, 6) is 0. The first kappa shape index (κ1) is 13.3. The molecule has 4 heteroatoms. The molecular weight excluding hydrogens is 214 g/mol. The van der Waals surface area contributed by atoms with Crippen LogP contribution in [0.3, 0.4) is 0 Å². The van der Waals surface area contributed by atoms with Crippen LogP contribution in [0.5, 0.6) is 0 Å². The first-order valence-corrected chi connectivity index (χ1v) is 7.08. The van der Waals surface area contributed by atoms with Crippen LogP contribution in [0, 0.1) is 0 Å². The minimum atomic E-state index is 0.533. The van der Waals surface area contributed by atoms with Crippen LogP contribution in [0.25, 0.3) is 0 Å². The smallest absolute Gasteiger partial charge is 0.0588 e. The van der Waals surface area contributed by atoms with Gasteiger partial charge >= 0.3 is 0 Å². The van der Waals surface area contributed by atoms with Gasteiger partial charge in [-0.3, -0.25) is 4.90 Å². The maximum Gasteiger partial charge on any atom is 0.0588 e. The number of piperazine rings is 1. The van der Waals surface area contributed by atoms with E-state index >= 15 is 0 Å². The fourth-order valence-corrected chi connectivity index (χ4v) is 2.57. The van der Waals surface area contributed by atoms with Crippen LogP contribution in [-0.4, -0.2) is 75.4 Å². The average Bonchev–Trinajstić information content (AvgIpc) is 2.84. The fraction of sp³-hybridized carbons (Fsp3) is 1.00. The molecule has 17 heavy (non-hydrogen) atoms. The molecule has 0 aliphatic carbocycles. The van der Waals surface area contributed by atoms with Crippen LogP contribution in [0.15, 0.2) is 0 Å². The van der Waals surface area contributed by atoms with Gasteiger partial charge in [-0.05, 0) is 32.9 Å². The van der Waals surface area contributed by atoms with E-state index in [4.69, 9.17) is 4.74 Å². The van der Waals surface area contributed by atoms with Crippen molar-refractivity contribution in [1.82, 2.24) is 15.1 Å². The van der Waals surface area contributed by atoms with E-state index in [1.165, 1.54) is 52.0 Å². The average molecular weight is 241 g/mol. The summed E-state index contributed by atoms with van der Waals surface area (Å²) in [6.45, 7) is 9.29. The van der Waals surface area contributed by atoms with Gasteiger partial charge in [-0.15, -0.1) is 0 Å². The first-order valence-electron chi connectivity index (χ1n) is 7.08. The van der Waals surface area contributed by atoms with Crippen LogP contribution in [0.4, 0.5) is 0 Å². The second-order valence-electron chi connectivity index (χ2n) is 5.32. The quantitative estimate of drug-likeness (QED) is 0.681. The van der Waals surface area contributed by atoms with E-state index in [-0.39, 0.29) is 0 Å². The molecule has 0 saturated carbocycles. The Morgan fingerprint density at radius 2 is 2.00 bits per heavy atom. The van der Waals surface area contributed by atoms with E-state index in [1.807, 2.05) is 0 Å². The largest absolute Gasteiger partial charge is 0.378 e. The van der Waals surface area contributed by atoms with Crippen molar-refractivity contribution in [1.29, 1.82) is 0 Å². The molecule has 0 aromatic rings. The molecule has 0 aromatic heterocycles. The van der Waals surface area contributed by atoms with Crippen molar-refractivity contribution in [2.75, 3.05) is 59.5 Å². The van der Waals surface area contributed by atoms with Gasteiger partial charge in [0.05, 0.1) is 6.10 Å². The maximum absolute atomic E-state index is 5.61. The predicted octanol–water partition coefficient (Wildman–Crippen LogP) is 0.393. The van der Waals surface area contributed by atoms with Crippen LogP contribution in [-0.2, 0) is 4.74 Å². The van der Waals surface area contributed by atoms with E-state index in [0.29, 0.717) is 6.10 Å². The van der Waals surface area contributed by atoms with Crippen molar-refractivity contribution in [3.05, 3.63) is 0 Å². The van der Waals surface area contributed by atoms with Crippen LogP contribution in [0.2, 0.25) is 0 Å². The second kappa shape index (κ2) is 7.31. The number of likely N-dealkylation sites (N-methyl/N-ethyl adjacent to an activating group) is 1. The van der Waals surface area contributed by atoms with Crippen molar-refractivity contribution < 1.29 is 4.74 Å². The van der Waals surface area contributed by atoms with Gasteiger partial charge in [0.1, 0.15) is 0 Å². The SMILES string of the molecule is CN1CCN(CCNCCC2CCCO2)CC1. The molecule has 4 nitrogen and oxygen atoms in total. The van der Waals surface area contributed by atoms with E-state index in [1.54, 1.807) is 0 Å². The van der Waals surface area contributed by atoms with Gasteiger partial charge in [0, 0.05) is 45.9 Å². The van der Waals surface area contributed by atoms with Crippen LogP contribution < -0.4 is 5.32 Å². The lowest BCUT2D eigenvalue weighted by atomic mass is 10.2. The standard InChI is InChI=1S/C13H27N3O/c1-15-8-10-16(11-9-15)7-6-14-5-4-13-3-2-12-17-13/h13-14H,2-12H2,1H3. The molecule has 1 unspecified atom stereocenters. The molecule has 0 radical (unpaired) electrons. The molecule has 2 rings (SSSR count). The lowest BCUT2D eigenvalue weighted by Gasteiger charge is -2.32. The molecule has 100 valence electrons. The van der Waals surface area contributed by atoms with Gasteiger partial charge < -0.3 is 15.0 Å². The van der Waals surface area contributed by atoms with E-state index in [2.05, 4.69) is 22.2 Å². The van der Waals surface area contributed by atoms with Crippen molar-refractivity contribution in [2.45, 2.75) is 25.4 Å². The van der Waals surface area contributed by atoms with E-state index < -0.39 is 0 Å². The number of hydrogen-bond donors (Lipinski definition) is 1. The minimum absolute atomic E-state index is 0.533. The Morgan fingerprint density at radius 1 is 1.18 bits per heavy atom. The van der Waals surface area contributed by atoms with Crippen molar-refractivity contribution in [3.63, 3.8) is 0 Å². The molecule has 0 aromatic carbocycles. The van der Waals surface area contributed by atoms with Crippen molar-refractivity contribution in [3.8, 4) is 0 Å². The van der Waals surface area contributed by atoms with Gasteiger partial charge in [-0.25, -0.2) is 0 Å². The molecule has 1 atom stereocenters. The van der Waals surface area contributed by atoms with Crippen molar-refractivity contribution in [2.24, 2.45) is 0 Å². The Hall–Kier alpha value is -0.160. The van der Waals surface area contributed by atoms with Gasteiger partial charge in [0.25, 0.3) is 0 Å². The highest BCUT2D eigenvalue weighted by atomic mass is 16.5. The summed E-state index contributed by atoms with van der Waals surface area (Å²) in [6.07, 6.45) is 4.24. The molecule has 2 aliphatic rings. The van der Waals surface area contributed by atoms with E-state index in [0.717, 1.165) is 19.7 Å². The van der Waals surface area contributed by atoms with Crippen LogP contribution in [0.1, 0.15) is 19.3 Å². The topological polar surface area (TPSA) is 27.7 Å². The Kier molecular flexibility index (Phi) is 5.71. The highest BCUT2D eigenvalue weighted by molar-refractivity contribution is 4.70. The number of nitrogens with zero attached hydrogens (tertiary/aromatic N) is 2. The van der Waals surface area contributed by atoms with E-state index in [9.17, 15) is 0 Å². The number of hydrogen-bond acceptors (Lipinski definition) is 4. The minimum Gasteiger partial charge on any atom is -0.378 e.